The molecule has 42 heavy (non-hydrogen) atoms. The number of aromatic nitrogens is 1. The van der Waals surface area contributed by atoms with Crippen LogP contribution in [0.2, 0.25) is 0 Å². The van der Waals surface area contributed by atoms with E-state index in [-0.39, 0.29) is 10.6 Å². The third-order valence-corrected chi connectivity index (χ3v) is 7.88. The maximum Gasteiger partial charge on any atom is 0.416 e. The number of halogens is 3. The van der Waals surface area contributed by atoms with Crippen molar-refractivity contribution in [2.45, 2.75) is 12.7 Å². The van der Waals surface area contributed by atoms with Gasteiger partial charge in [0.25, 0.3) is 11.1 Å². The first-order valence-corrected chi connectivity index (χ1v) is 13.8. The smallest absolute Gasteiger partial charge is 0.342 e. The van der Waals surface area contributed by atoms with Gasteiger partial charge in [-0.2, -0.15) is 13.2 Å². The lowest BCUT2D eigenvalue weighted by atomic mass is 10.0. The van der Waals surface area contributed by atoms with Gasteiger partial charge in [0, 0.05) is 34.9 Å². The van der Waals surface area contributed by atoms with Gasteiger partial charge in [0.1, 0.15) is 6.54 Å². The van der Waals surface area contributed by atoms with Crippen LogP contribution in [0.25, 0.3) is 27.8 Å². The van der Waals surface area contributed by atoms with Crippen molar-refractivity contribution in [3.63, 3.8) is 0 Å². The van der Waals surface area contributed by atoms with Crippen molar-refractivity contribution in [3.05, 3.63) is 119 Å². The number of imide groups is 1. The van der Waals surface area contributed by atoms with Crippen molar-refractivity contribution in [1.29, 1.82) is 0 Å². The Morgan fingerprint density at radius 1 is 0.881 bits per heavy atom. The van der Waals surface area contributed by atoms with E-state index in [1.807, 2.05) is 48.7 Å². The van der Waals surface area contributed by atoms with E-state index < -0.39 is 35.3 Å². The van der Waals surface area contributed by atoms with Crippen molar-refractivity contribution in [2.24, 2.45) is 0 Å². The number of fused-ring (bicyclic) bond motifs is 2. The number of carbonyl (C=O) groups excluding carboxylic acids is 3. The summed E-state index contributed by atoms with van der Waals surface area (Å²) in [5, 5.41) is 4.87. The van der Waals surface area contributed by atoms with Crippen LogP contribution in [0, 0.1) is 0 Å². The second kappa shape index (κ2) is 10.9. The minimum atomic E-state index is -4.57. The molecule has 4 aromatic carbocycles. The van der Waals surface area contributed by atoms with E-state index in [2.05, 4.69) is 34.1 Å². The van der Waals surface area contributed by atoms with Gasteiger partial charge in [-0.1, -0.05) is 66.7 Å². The van der Waals surface area contributed by atoms with Crippen LogP contribution < -0.4 is 5.32 Å². The van der Waals surface area contributed by atoms with Crippen molar-refractivity contribution in [2.75, 3.05) is 11.9 Å². The zero-order valence-corrected chi connectivity index (χ0v) is 22.7. The van der Waals surface area contributed by atoms with E-state index in [9.17, 15) is 27.6 Å². The Morgan fingerprint density at radius 3 is 2.40 bits per heavy atom. The van der Waals surface area contributed by atoms with Gasteiger partial charge in [-0.3, -0.25) is 19.3 Å². The molecule has 1 aliphatic heterocycles. The van der Waals surface area contributed by atoms with Crippen LogP contribution in [0.4, 0.5) is 23.7 Å². The van der Waals surface area contributed by atoms with E-state index >= 15 is 0 Å². The second-order valence-electron chi connectivity index (χ2n) is 9.76. The summed E-state index contributed by atoms with van der Waals surface area (Å²) in [5.74, 6) is -1.43. The fourth-order valence-corrected chi connectivity index (χ4v) is 5.86. The maximum absolute atomic E-state index is 13.2. The number of nitrogens with zero attached hydrogens (tertiary/aromatic N) is 2. The number of hydrogen-bond acceptors (Lipinski definition) is 4. The van der Waals surface area contributed by atoms with E-state index in [1.165, 1.54) is 6.07 Å². The highest BCUT2D eigenvalue weighted by Crippen LogP contribution is 2.35. The van der Waals surface area contributed by atoms with Crippen LogP contribution in [-0.4, -0.2) is 33.1 Å². The predicted octanol–water partition coefficient (Wildman–Crippen LogP) is 7.54. The predicted molar refractivity (Wildman–Crippen MR) is 158 cm³/mol. The summed E-state index contributed by atoms with van der Waals surface area (Å²) in [7, 11) is 0. The van der Waals surface area contributed by atoms with E-state index in [0.29, 0.717) is 18.3 Å². The van der Waals surface area contributed by atoms with Gasteiger partial charge >= 0.3 is 6.18 Å². The Hall–Kier alpha value is -4.83. The Bertz CT molecular complexity index is 1910. The average molecular weight is 586 g/mol. The molecule has 0 unspecified atom stereocenters. The topological polar surface area (TPSA) is 71.4 Å². The molecule has 0 aliphatic carbocycles. The molecule has 6 nitrogen and oxygen atoms in total. The normalized spacial score (nSPS) is 14.8. The van der Waals surface area contributed by atoms with Crippen molar-refractivity contribution < 1.29 is 27.6 Å². The third kappa shape index (κ3) is 5.40. The Morgan fingerprint density at radius 2 is 1.60 bits per heavy atom. The summed E-state index contributed by atoms with van der Waals surface area (Å²) >= 11 is 0.715. The zero-order chi connectivity index (χ0) is 29.4. The first-order valence-electron chi connectivity index (χ1n) is 12.9. The number of alkyl halides is 3. The summed E-state index contributed by atoms with van der Waals surface area (Å²) in [5.41, 5.74) is 1.82. The van der Waals surface area contributed by atoms with Crippen LogP contribution in [0.5, 0.6) is 0 Å². The molecule has 3 amide bonds. The standard InChI is InChI=1S/C32H22F3N3O3S/c33-32(34,35)23-10-6-11-24(16-23)36-29(39)19-38-30(40)28(42-31(38)41)15-22-18-37(27-14-4-3-13-26(22)27)17-21-9-5-8-20-7-1-2-12-25(20)21/h1-16,18H,17,19H2,(H,36,39)/b28-15-. The Labute approximate surface area is 242 Å². The summed E-state index contributed by atoms with van der Waals surface area (Å²) < 4.78 is 41.1. The third-order valence-electron chi connectivity index (χ3n) is 6.98. The van der Waals surface area contributed by atoms with Gasteiger partial charge in [0.2, 0.25) is 5.91 Å². The zero-order valence-electron chi connectivity index (χ0n) is 21.9. The van der Waals surface area contributed by atoms with Crippen LogP contribution in [-0.2, 0) is 22.3 Å². The number of thioether (sulfide) groups is 1. The summed E-state index contributed by atoms with van der Waals surface area (Å²) in [6, 6.07) is 26.2. The van der Waals surface area contributed by atoms with E-state index in [0.717, 1.165) is 55.9 Å². The molecule has 0 saturated carbocycles. The molecule has 1 fully saturated rings. The maximum atomic E-state index is 13.2. The second-order valence-corrected chi connectivity index (χ2v) is 10.8. The van der Waals surface area contributed by atoms with Crippen molar-refractivity contribution in [3.8, 4) is 0 Å². The fraction of sp³-hybridized carbons (Fsp3) is 0.0938. The molecular formula is C32H22F3N3O3S. The molecule has 1 N–H and O–H groups in total. The largest absolute Gasteiger partial charge is 0.416 e. The quantitative estimate of drug-likeness (QED) is 0.209. The van der Waals surface area contributed by atoms with Gasteiger partial charge in [-0.05, 0) is 58.4 Å². The van der Waals surface area contributed by atoms with Crippen molar-refractivity contribution in [1.82, 2.24) is 9.47 Å². The number of amides is 3. The molecule has 5 aromatic rings. The minimum Gasteiger partial charge on any atom is -0.342 e. The van der Waals surface area contributed by atoms with Crippen LogP contribution in [0.1, 0.15) is 16.7 Å². The lowest BCUT2D eigenvalue weighted by molar-refractivity contribution is -0.137. The number of anilines is 1. The molecule has 0 radical (unpaired) electrons. The molecule has 0 bridgehead atoms. The molecule has 1 aromatic heterocycles. The van der Waals surface area contributed by atoms with Crippen LogP contribution in [0.3, 0.4) is 0 Å². The minimum absolute atomic E-state index is 0.0867. The molecule has 210 valence electrons. The summed E-state index contributed by atoms with van der Waals surface area (Å²) in [4.78, 5) is 39.3. The number of benzene rings is 4. The lowest BCUT2D eigenvalue weighted by Gasteiger charge is -2.13. The van der Waals surface area contributed by atoms with Gasteiger partial charge in [0.05, 0.1) is 10.5 Å². The molecule has 1 saturated heterocycles. The average Bonchev–Trinajstić information content (AvgIpc) is 3.44. The van der Waals surface area contributed by atoms with Crippen LogP contribution >= 0.6 is 11.8 Å². The lowest BCUT2D eigenvalue weighted by Crippen LogP contribution is -2.36. The summed E-state index contributed by atoms with van der Waals surface area (Å²) in [6.07, 6.45) is -1.01. The number of nitrogens with one attached hydrogen (secondary N) is 1. The highest BCUT2D eigenvalue weighted by atomic mass is 32.2. The number of carbonyl (C=O) groups is 3. The van der Waals surface area contributed by atoms with Gasteiger partial charge in [-0.25, -0.2) is 0 Å². The first kappa shape index (κ1) is 27.3. The van der Waals surface area contributed by atoms with Gasteiger partial charge in [-0.15, -0.1) is 0 Å². The molecule has 0 atom stereocenters. The Kier molecular flexibility index (Phi) is 7.07. The first-order chi connectivity index (χ1) is 20.2. The van der Waals surface area contributed by atoms with Crippen LogP contribution in [0.15, 0.2) is 102 Å². The SMILES string of the molecule is O=C(CN1C(=O)S/C(=C\c2cn(Cc3cccc4ccccc34)c3ccccc23)C1=O)Nc1cccc(C(F)(F)F)c1. The van der Waals surface area contributed by atoms with Crippen molar-refractivity contribution >= 4 is 62.3 Å². The molecule has 6 rings (SSSR count). The molecule has 1 aliphatic rings. The fourth-order valence-electron chi connectivity index (χ4n) is 5.03. The van der Waals surface area contributed by atoms with E-state index in [4.69, 9.17) is 0 Å². The monoisotopic (exact) mass is 585 g/mol. The molecule has 2 heterocycles. The van der Waals surface area contributed by atoms with Gasteiger partial charge in [0.15, 0.2) is 0 Å². The van der Waals surface area contributed by atoms with E-state index in [1.54, 1.807) is 6.08 Å². The highest BCUT2D eigenvalue weighted by Gasteiger charge is 2.37. The highest BCUT2D eigenvalue weighted by molar-refractivity contribution is 8.18. The molecular weight excluding hydrogens is 563 g/mol. The van der Waals surface area contributed by atoms with Gasteiger partial charge < -0.3 is 9.88 Å². The Balaban J connectivity index is 1.23. The number of rotatable bonds is 6. The summed E-state index contributed by atoms with van der Waals surface area (Å²) in [6.45, 7) is -0.0337. The number of hydrogen-bond donors (Lipinski definition) is 1. The molecule has 0 spiro atoms. The molecule has 10 heteroatoms. The number of para-hydroxylation sites is 1.